The molecule has 1 aromatic rings. The van der Waals surface area contributed by atoms with E-state index in [4.69, 9.17) is 0 Å². The molecule has 0 radical (unpaired) electrons. The maximum atomic E-state index is 13.0. The molecule has 1 aromatic carbocycles. The number of anilines is 1. The monoisotopic (exact) mass is 312 g/mol. The SMILES string of the molecule is O=C1N(c2ccc(C3CCCCC3)cc2)CCC12CCNCC2. The highest BCUT2D eigenvalue weighted by molar-refractivity contribution is 6.00. The maximum Gasteiger partial charge on any atom is 0.233 e. The highest BCUT2D eigenvalue weighted by Gasteiger charge is 2.47. The normalized spacial score (nSPS) is 25.2. The quantitative estimate of drug-likeness (QED) is 0.900. The van der Waals surface area contributed by atoms with Gasteiger partial charge in [-0.2, -0.15) is 0 Å². The van der Waals surface area contributed by atoms with E-state index in [-0.39, 0.29) is 5.41 Å². The van der Waals surface area contributed by atoms with Gasteiger partial charge >= 0.3 is 0 Å². The van der Waals surface area contributed by atoms with Crippen molar-refractivity contribution in [2.75, 3.05) is 24.5 Å². The summed E-state index contributed by atoms with van der Waals surface area (Å²) in [7, 11) is 0. The molecule has 3 fully saturated rings. The lowest BCUT2D eigenvalue weighted by atomic mass is 9.77. The number of piperidine rings is 1. The van der Waals surface area contributed by atoms with Crippen LogP contribution in [0.25, 0.3) is 0 Å². The van der Waals surface area contributed by atoms with Crippen LogP contribution in [0.4, 0.5) is 5.69 Å². The van der Waals surface area contributed by atoms with Crippen molar-refractivity contribution < 1.29 is 4.79 Å². The number of hydrogen-bond donors (Lipinski definition) is 1. The van der Waals surface area contributed by atoms with E-state index in [1.54, 1.807) is 0 Å². The fraction of sp³-hybridized carbons (Fsp3) is 0.650. The molecular formula is C20H28N2O. The molecule has 0 aromatic heterocycles. The Kier molecular flexibility index (Phi) is 4.14. The lowest BCUT2D eigenvalue weighted by Gasteiger charge is -2.32. The minimum absolute atomic E-state index is 0.0761. The van der Waals surface area contributed by atoms with Crippen molar-refractivity contribution >= 4 is 11.6 Å². The molecule has 1 aliphatic carbocycles. The number of benzene rings is 1. The predicted octanol–water partition coefficient (Wildman–Crippen LogP) is 3.84. The third-order valence-corrected chi connectivity index (χ3v) is 6.35. The van der Waals surface area contributed by atoms with E-state index < -0.39 is 0 Å². The number of carbonyl (C=O) groups excluding carboxylic acids is 1. The Labute approximate surface area is 139 Å². The molecule has 3 heteroatoms. The van der Waals surface area contributed by atoms with Crippen molar-refractivity contribution in [1.29, 1.82) is 0 Å². The molecule has 0 atom stereocenters. The molecule has 1 saturated carbocycles. The zero-order chi connectivity index (χ0) is 15.7. The molecular weight excluding hydrogens is 284 g/mol. The van der Waals surface area contributed by atoms with Crippen molar-refractivity contribution in [2.24, 2.45) is 5.41 Å². The van der Waals surface area contributed by atoms with E-state index >= 15 is 0 Å². The number of amides is 1. The van der Waals surface area contributed by atoms with Gasteiger partial charge in [-0.3, -0.25) is 4.79 Å². The number of nitrogens with zero attached hydrogens (tertiary/aromatic N) is 1. The number of rotatable bonds is 2. The van der Waals surface area contributed by atoms with Crippen LogP contribution in [-0.2, 0) is 4.79 Å². The molecule has 2 heterocycles. The Morgan fingerprint density at radius 2 is 1.65 bits per heavy atom. The first-order valence-electron chi connectivity index (χ1n) is 9.41. The molecule has 0 unspecified atom stereocenters. The minimum atomic E-state index is -0.0761. The molecule has 1 N–H and O–H groups in total. The van der Waals surface area contributed by atoms with Gasteiger partial charge in [0.1, 0.15) is 0 Å². The lowest BCUT2D eigenvalue weighted by Crippen LogP contribution is -2.42. The second kappa shape index (κ2) is 6.27. The summed E-state index contributed by atoms with van der Waals surface area (Å²) in [6.07, 6.45) is 9.83. The van der Waals surface area contributed by atoms with Gasteiger partial charge in [0.25, 0.3) is 0 Å². The first-order chi connectivity index (χ1) is 11.3. The van der Waals surface area contributed by atoms with Crippen LogP contribution >= 0.6 is 0 Å². The van der Waals surface area contributed by atoms with Gasteiger partial charge in [0, 0.05) is 12.2 Å². The van der Waals surface area contributed by atoms with Crippen LogP contribution in [0.2, 0.25) is 0 Å². The van der Waals surface area contributed by atoms with E-state index in [0.29, 0.717) is 5.91 Å². The summed E-state index contributed by atoms with van der Waals surface area (Å²) in [5.74, 6) is 1.10. The highest BCUT2D eigenvalue weighted by atomic mass is 16.2. The second-order valence-corrected chi connectivity index (χ2v) is 7.66. The first-order valence-corrected chi connectivity index (χ1v) is 9.41. The van der Waals surface area contributed by atoms with Crippen LogP contribution in [-0.4, -0.2) is 25.5 Å². The molecule has 4 rings (SSSR count). The van der Waals surface area contributed by atoms with Gasteiger partial charge in [-0.15, -0.1) is 0 Å². The fourth-order valence-electron chi connectivity index (χ4n) is 4.80. The smallest absolute Gasteiger partial charge is 0.233 e. The van der Waals surface area contributed by atoms with Crippen LogP contribution < -0.4 is 10.2 Å². The first kappa shape index (κ1) is 15.2. The van der Waals surface area contributed by atoms with Crippen molar-refractivity contribution in [3.8, 4) is 0 Å². The van der Waals surface area contributed by atoms with Gasteiger partial charge in [0.15, 0.2) is 0 Å². The third-order valence-electron chi connectivity index (χ3n) is 6.35. The summed E-state index contributed by atoms with van der Waals surface area (Å²) < 4.78 is 0. The molecule has 2 aliphatic heterocycles. The Hall–Kier alpha value is -1.35. The van der Waals surface area contributed by atoms with Crippen LogP contribution in [0.1, 0.15) is 62.8 Å². The van der Waals surface area contributed by atoms with Crippen LogP contribution in [0.15, 0.2) is 24.3 Å². The minimum Gasteiger partial charge on any atom is -0.317 e. The van der Waals surface area contributed by atoms with Crippen LogP contribution in [0, 0.1) is 5.41 Å². The van der Waals surface area contributed by atoms with Gasteiger partial charge in [0.05, 0.1) is 5.41 Å². The Balaban J connectivity index is 1.49. The van der Waals surface area contributed by atoms with Crippen molar-refractivity contribution in [2.45, 2.75) is 57.3 Å². The van der Waals surface area contributed by atoms with E-state index in [1.165, 1.54) is 37.7 Å². The number of nitrogens with one attached hydrogen (secondary N) is 1. The molecule has 3 aliphatic rings. The second-order valence-electron chi connectivity index (χ2n) is 7.66. The van der Waals surface area contributed by atoms with E-state index in [1.807, 2.05) is 4.90 Å². The van der Waals surface area contributed by atoms with E-state index in [2.05, 4.69) is 29.6 Å². The average molecular weight is 312 g/mol. The van der Waals surface area contributed by atoms with E-state index in [0.717, 1.165) is 50.5 Å². The summed E-state index contributed by atoms with van der Waals surface area (Å²) >= 11 is 0. The standard InChI is InChI=1S/C20H28N2O/c23-19-20(10-13-21-14-11-20)12-15-22(19)18-8-6-17(7-9-18)16-4-2-1-3-5-16/h6-9,16,21H,1-5,10-15H2. The third kappa shape index (κ3) is 2.80. The van der Waals surface area contributed by atoms with Crippen molar-refractivity contribution in [3.05, 3.63) is 29.8 Å². The summed E-state index contributed by atoms with van der Waals surface area (Å²) in [5, 5.41) is 3.38. The highest BCUT2D eigenvalue weighted by Crippen LogP contribution is 2.42. The number of hydrogen-bond acceptors (Lipinski definition) is 2. The Morgan fingerprint density at radius 3 is 2.35 bits per heavy atom. The van der Waals surface area contributed by atoms with E-state index in [9.17, 15) is 4.79 Å². The fourth-order valence-corrected chi connectivity index (χ4v) is 4.80. The maximum absolute atomic E-state index is 13.0. The van der Waals surface area contributed by atoms with Gasteiger partial charge in [-0.25, -0.2) is 0 Å². The molecule has 1 amide bonds. The molecule has 0 bridgehead atoms. The van der Waals surface area contributed by atoms with Crippen LogP contribution in [0.5, 0.6) is 0 Å². The van der Waals surface area contributed by atoms with Crippen molar-refractivity contribution in [3.63, 3.8) is 0 Å². The zero-order valence-electron chi connectivity index (χ0n) is 14.0. The predicted molar refractivity (Wildman–Crippen MR) is 93.8 cm³/mol. The van der Waals surface area contributed by atoms with Crippen LogP contribution in [0.3, 0.4) is 0 Å². The van der Waals surface area contributed by atoms with Gasteiger partial charge in [0.2, 0.25) is 5.91 Å². The summed E-state index contributed by atoms with van der Waals surface area (Å²) in [6, 6.07) is 8.90. The van der Waals surface area contributed by atoms with Gasteiger partial charge < -0.3 is 10.2 Å². The molecule has 2 saturated heterocycles. The Morgan fingerprint density at radius 1 is 0.957 bits per heavy atom. The molecule has 1 spiro atoms. The molecule has 3 nitrogen and oxygen atoms in total. The summed E-state index contributed by atoms with van der Waals surface area (Å²) in [4.78, 5) is 15.0. The largest absolute Gasteiger partial charge is 0.317 e. The number of carbonyl (C=O) groups is 1. The van der Waals surface area contributed by atoms with Crippen molar-refractivity contribution in [1.82, 2.24) is 5.32 Å². The van der Waals surface area contributed by atoms with Gasteiger partial charge in [-0.1, -0.05) is 31.4 Å². The van der Waals surface area contributed by atoms with Gasteiger partial charge in [-0.05, 0) is 68.8 Å². The molecule has 23 heavy (non-hydrogen) atoms. The molecule has 124 valence electrons. The Bertz CT molecular complexity index is 554. The zero-order valence-corrected chi connectivity index (χ0v) is 14.0. The topological polar surface area (TPSA) is 32.3 Å². The lowest BCUT2D eigenvalue weighted by molar-refractivity contribution is -0.126. The summed E-state index contributed by atoms with van der Waals surface area (Å²) in [5.41, 5.74) is 2.49. The summed E-state index contributed by atoms with van der Waals surface area (Å²) in [6.45, 7) is 2.86. The average Bonchev–Trinajstić information content (AvgIpc) is 2.93.